The lowest BCUT2D eigenvalue weighted by Crippen LogP contribution is -2.45. The normalized spacial score (nSPS) is 26.0. The first-order valence-electron chi connectivity index (χ1n) is 6.95. The monoisotopic (exact) mass is 247 g/mol. The van der Waals surface area contributed by atoms with Crippen LogP contribution in [0.15, 0.2) is 18.2 Å². The molecule has 0 aliphatic carbocycles. The van der Waals surface area contributed by atoms with Gasteiger partial charge in [-0.15, -0.1) is 0 Å². The molecule has 0 radical (unpaired) electrons. The van der Waals surface area contributed by atoms with E-state index in [1.54, 1.807) is 0 Å². The summed E-state index contributed by atoms with van der Waals surface area (Å²) in [6.45, 7) is 7.47. The number of rotatable bonds is 3. The summed E-state index contributed by atoms with van der Waals surface area (Å²) in [4.78, 5) is 0. The first kappa shape index (κ1) is 13.6. The van der Waals surface area contributed by atoms with Gasteiger partial charge in [0, 0.05) is 6.61 Å². The van der Waals surface area contributed by atoms with Crippen LogP contribution in [0.1, 0.15) is 48.9 Å². The molecule has 0 aromatic heterocycles. The van der Waals surface area contributed by atoms with Crippen LogP contribution in [0.25, 0.3) is 0 Å². The van der Waals surface area contributed by atoms with E-state index < -0.39 is 0 Å². The van der Waals surface area contributed by atoms with Gasteiger partial charge in [0.15, 0.2) is 0 Å². The van der Waals surface area contributed by atoms with Crippen LogP contribution in [0.5, 0.6) is 0 Å². The van der Waals surface area contributed by atoms with Crippen LogP contribution in [0.4, 0.5) is 0 Å². The molecule has 2 nitrogen and oxygen atoms in total. The molecule has 1 aliphatic heterocycles. The van der Waals surface area contributed by atoms with E-state index in [1.165, 1.54) is 29.5 Å². The summed E-state index contributed by atoms with van der Waals surface area (Å²) in [6.07, 6.45) is 3.59. The zero-order chi connectivity index (χ0) is 13.2. The Morgan fingerprint density at radius 2 is 2.06 bits per heavy atom. The van der Waals surface area contributed by atoms with Crippen LogP contribution < -0.4 is 5.32 Å². The van der Waals surface area contributed by atoms with Crippen LogP contribution in [0.2, 0.25) is 0 Å². The third-order valence-electron chi connectivity index (χ3n) is 4.13. The Morgan fingerprint density at radius 3 is 2.61 bits per heavy atom. The molecule has 2 atom stereocenters. The fourth-order valence-corrected chi connectivity index (χ4v) is 3.12. The van der Waals surface area contributed by atoms with Crippen molar-refractivity contribution in [3.63, 3.8) is 0 Å². The van der Waals surface area contributed by atoms with Gasteiger partial charge in [0.2, 0.25) is 0 Å². The van der Waals surface area contributed by atoms with E-state index in [-0.39, 0.29) is 11.6 Å². The number of hydrogen-bond donors (Lipinski definition) is 1. The molecule has 0 amide bonds. The molecule has 2 unspecified atom stereocenters. The third-order valence-corrected chi connectivity index (χ3v) is 4.13. The number of aryl methyl sites for hydroxylation is 2. The van der Waals surface area contributed by atoms with Crippen molar-refractivity contribution < 1.29 is 4.74 Å². The second-order valence-electron chi connectivity index (χ2n) is 5.70. The van der Waals surface area contributed by atoms with Gasteiger partial charge < -0.3 is 10.1 Å². The van der Waals surface area contributed by atoms with E-state index >= 15 is 0 Å². The summed E-state index contributed by atoms with van der Waals surface area (Å²) in [6, 6.07) is 6.97. The third kappa shape index (κ3) is 2.60. The minimum atomic E-state index is -0.0764. The molecule has 2 heteroatoms. The summed E-state index contributed by atoms with van der Waals surface area (Å²) >= 11 is 0. The van der Waals surface area contributed by atoms with Crippen molar-refractivity contribution in [3.05, 3.63) is 34.9 Å². The Labute approximate surface area is 111 Å². The Bertz CT molecular complexity index is 408. The van der Waals surface area contributed by atoms with Crippen LogP contribution in [0.3, 0.4) is 0 Å². The summed E-state index contributed by atoms with van der Waals surface area (Å²) in [5.74, 6) is 0. The van der Waals surface area contributed by atoms with Gasteiger partial charge in [-0.1, -0.05) is 23.8 Å². The maximum atomic E-state index is 6.10. The Hall–Kier alpha value is -0.860. The molecule has 1 N–H and O–H groups in total. The number of benzene rings is 1. The number of likely N-dealkylation sites (N-methyl/N-ethyl adjacent to an activating group) is 1. The maximum Gasteiger partial charge on any atom is 0.0848 e. The molecular formula is C16H25NO. The van der Waals surface area contributed by atoms with Crippen molar-refractivity contribution in [2.45, 2.75) is 51.7 Å². The minimum Gasteiger partial charge on any atom is -0.373 e. The standard InChI is InChI=1S/C16H25NO/c1-12-7-8-14(13(2)11-12)15(17-4)16(3)9-5-6-10-18-16/h7-8,11,15,17H,5-6,9-10H2,1-4H3. The molecule has 1 heterocycles. The van der Waals surface area contributed by atoms with E-state index in [0.717, 1.165) is 13.0 Å². The van der Waals surface area contributed by atoms with Gasteiger partial charge in [0.1, 0.15) is 0 Å². The van der Waals surface area contributed by atoms with Crippen LogP contribution in [-0.4, -0.2) is 19.3 Å². The van der Waals surface area contributed by atoms with Gasteiger partial charge in [-0.3, -0.25) is 0 Å². The second kappa shape index (κ2) is 5.41. The van der Waals surface area contributed by atoms with E-state index in [1.807, 2.05) is 7.05 Å². The molecule has 1 fully saturated rings. The second-order valence-corrected chi connectivity index (χ2v) is 5.70. The fourth-order valence-electron chi connectivity index (χ4n) is 3.12. The molecule has 100 valence electrons. The highest BCUT2D eigenvalue weighted by molar-refractivity contribution is 5.34. The Morgan fingerprint density at radius 1 is 1.28 bits per heavy atom. The smallest absolute Gasteiger partial charge is 0.0848 e. The number of ether oxygens (including phenoxy) is 1. The highest BCUT2D eigenvalue weighted by Crippen LogP contribution is 2.37. The van der Waals surface area contributed by atoms with Gasteiger partial charge in [-0.05, 0) is 58.2 Å². The van der Waals surface area contributed by atoms with Crippen molar-refractivity contribution in [2.75, 3.05) is 13.7 Å². The SMILES string of the molecule is CNC(c1ccc(C)cc1C)C1(C)CCCCO1. The number of nitrogens with one attached hydrogen (secondary N) is 1. The maximum absolute atomic E-state index is 6.10. The molecule has 0 bridgehead atoms. The van der Waals surface area contributed by atoms with E-state index in [0.29, 0.717) is 0 Å². The molecule has 1 saturated heterocycles. The van der Waals surface area contributed by atoms with Gasteiger partial charge >= 0.3 is 0 Å². The average Bonchev–Trinajstić information content (AvgIpc) is 2.33. The van der Waals surface area contributed by atoms with Gasteiger partial charge in [-0.25, -0.2) is 0 Å². The highest BCUT2D eigenvalue weighted by Gasteiger charge is 2.37. The lowest BCUT2D eigenvalue weighted by Gasteiger charge is -2.41. The van der Waals surface area contributed by atoms with Gasteiger partial charge in [-0.2, -0.15) is 0 Å². The predicted octanol–water partition coefficient (Wildman–Crippen LogP) is 3.52. The molecular weight excluding hydrogens is 222 g/mol. The average molecular weight is 247 g/mol. The molecule has 1 aromatic rings. The largest absolute Gasteiger partial charge is 0.373 e. The Kier molecular flexibility index (Phi) is 4.08. The lowest BCUT2D eigenvalue weighted by atomic mass is 9.82. The Balaban J connectivity index is 2.32. The predicted molar refractivity (Wildman–Crippen MR) is 75.9 cm³/mol. The van der Waals surface area contributed by atoms with E-state index in [4.69, 9.17) is 4.74 Å². The quantitative estimate of drug-likeness (QED) is 0.882. The molecule has 0 spiro atoms. The van der Waals surface area contributed by atoms with E-state index in [2.05, 4.69) is 44.3 Å². The highest BCUT2D eigenvalue weighted by atomic mass is 16.5. The van der Waals surface area contributed by atoms with Gasteiger partial charge in [0.25, 0.3) is 0 Å². The lowest BCUT2D eigenvalue weighted by molar-refractivity contribution is -0.0885. The van der Waals surface area contributed by atoms with Crippen molar-refractivity contribution >= 4 is 0 Å². The fraction of sp³-hybridized carbons (Fsp3) is 0.625. The van der Waals surface area contributed by atoms with Crippen LogP contribution in [-0.2, 0) is 4.74 Å². The molecule has 0 saturated carbocycles. The molecule has 1 aliphatic rings. The zero-order valence-corrected chi connectivity index (χ0v) is 12.0. The summed E-state index contributed by atoms with van der Waals surface area (Å²) in [5, 5.41) is 3.46. The van der Waals surface area contributed by atoms with Crippen molar-refractivity contribution in [3.8, 4) is 0 Å². The minimum absolute atomic E-state index is 0.0764. The molecule has 1 aromatic carbocycles. The summed E-state index contributed by atoms with van der Waals surface area (Å²) < 4.78 is 6.10. The molecule has 18 heavy (non-hydrogen) atoms. The first-order valence-corrected chi connectivity index (χ1v) is 6.95. The van der Waals surface area contributed by atoms with Gasteiger partial charge in [0.05, 0.1) is 11.6 Å². The van der Waals surface area contributed by atoms with Crippen molar-refractivity contribution in [1.29, 1.82) is 0 Å². The molecule has 2 rings (SSSR count). The summed E-state index contributed by atoms with van der Waals surface area (Å²) in [5.41, 5.74) is 3.96. The van der Waals surface area contributed by atoms with Crippen molar-refractivity contribution in [1.82, 2.24) is 5.32 Å². The topological polar surface area (TPSA) is 21.3 Å². The van der Waals surface area contributed by atoms with Crippen LogP contribution in [0, 0.1) is 13.8 Å². The van der Waals surface area contributed by atoms with Crippen LogP contribution >= 0.6 is 0 Å². The first-order chi connectivity index (χ1) is 8.57. The summed E-state index contributed by atoms with van der Waals surface area (Å²) in [7, 11) is 2.03. The zero-order valence-electron chi connectivity index (χ0n) is 12.0. The van der Waals surface area contributed by atoms with E-state index in [9.17, 15) is 0 Å². The van der Waals surface area contributed by atoms with Crippen molar-refractivity contribution in [2.24, 2.45) is 0 Å². The number of hydrogen-bond acceptors (Lipinski definition) is 2.